The molecule has 112 valence electrons. The van der Waals surface area contributed by atoms with Crippen molar-refractivity contribution in [1.29, 1.82) is 0 Å². The Morgan fingerprint density at radius 3 is 2.05 bits per heavy atom. The fraction of sp³-hybridized carbons (Fsp3) is 1.00. The second-order valence-electron chi connectivity index (χ2n) is 5.89. The first-order valence-corrected chi connectivity index (χ1v) is 7.85. The van der Waals surface area contributed by atoms with Crippen molar-refractivity contribution in [3.63, 3.8) is 0 Å². The van der Waals surface area contributed by atoms with Gasteiger partial charge < -0.3 is 19.3 Å². The van der Waals surface area contributed by atoms with Crippen LogP contribution < -0.4 is 0 Å². The van der Waals surface area contributed by atoms with Crippen LogP contribution in [0.4, 0.5) is 0 Å². The fourth-order valence-corrected chi connectivity index (χ4v) is 3.46. The van der Waals surface area contributed by atoms with Gasteiger partial charge in [-0.25, -0.2) is 0 Å². The van der Waals surface area contributed by atoms with Crippen LogP contribution in [0.3, 0.4) is 0 Å². The zero-order chi connectivity index (χ0) is 13.5. The number of piperidine rings is 2. The van der Waals surface area contributed by atoms with Gasteiger partial charge >= 0.3 is 0 Å². The number of hydrogen-bond acceptors (Lipinski definition) is 4. The number of methoxy groups -OCH3 is 1. The van der Waals surface area contributed by atoms with E-state index in [4.69, 9.17) is 9.47 Å². The SMILES string of the molecule is CCOCCN1CCC2CN(CCOC)CCC2C1. The molecule has 0 aromatic heterocycles. The Kier molecular flexibility index (Phi) is 6.57. The summed E-state index contributed by atoms with van der Waals surface area (Å²) in [7, 11) is 1.80. The molecular formula is C15H30N2O2. The zero-order valence-electron chi connectivity index (χ0n) is 12.6. The molecule has 2 unspecified atom stereocenters. The third-order valence-electron chi connectivity index (χ3n) is 4.65. The fourth-order valence-electron chi connectivity index (χ4n) is 3.46. The first-order chi connectivity index (χ1) is 9.33. The van der Waals surface area contributed by atoms with Crippen molar-refractivity contribution in [1.82, 2.24) is 9.80 Å². The summed E-state index contributed by atoms with van der Waals surface area (Å²) in [5.74, 6) is 1.82. The highest BCUT2D eigenvalue weighted by atomic mass is 16.5. The molecule has 2 aliphatic heterocycles. The van der Waals surface area contributed by atoms with Gasteiger partial charge in [-0.2, -0.15) is 0 Å². The van der Waals surface area contributed by atoms with Gasteiger partial charge in [-0.1, -0.05) is 0 Å². The molecule has 2 heterocycles. The summed E-state index contributed by atoms with van der Waals surface area (Å²) in [4.78, 5) is 5.18. The molecule has 0 radical (unpaired) electrons. The molecule has 4 nitrogen and oxygen atoms in total. The minimum absolute atomic E-state index is 0.842. The van der Waals surface area contributed by atoms with Crippen LogP contribution in [-0.2, 0) is 9.47 Å². The molecule has 0 aliphatic carbocycles. The van der Waals surface area contributed by atoms with Gasteiger partial charge in [0.25, 0.3) is 0 Å². The van der Waals surface area contributed by atoms with E-state index in [0.717, 1.165) is 44.7 Å². The van der Waals surface area contributed by atoms with Gasteiger partial charge in [0.15, 0.2) is 0 Å². The number of hydrogen-bond donors (Lipinski definition) is 0. The average Bonchev–Trinajstić information content (AvgIpc) is 2.45. The first kappa shape index (κ1) is 15.2. The Labute approximate surface area is 118 Å². The lowest BCUT2D eigenvalue weighted by molar-refractivity contribution is 0.0205. The van der Waals surface area contributed by atoms with Crippen LogP contribution in [0.25, 0.3) is 0 Å². The average molecular weight is 270 g/mol. The first-order valence-electron chi connectivity index (χ1n) is 7.85. The van der Waals surface area contributed by atoms with Gasteiger partial charge in [0.05, 0.1) is 13.2 Å². The zero-order valence-corrected chi connectivity index (χ0v) is 12.6. The van der Waals surface area contributed by atoms with Crippen LogP contribution in [0.1, 0.15) is 19.8 Å². The van der Waals surface area contributed by atoms with E-state index in [9.17, 15) is 0 Å². The van der Waals surface area contributed by atoms with E-state index < -0.39 is 0 Å². The Morgan fingerprint density at radius 1 is 0.947 bits per heavy atom. The second kappa shape index (κ2) is 8.20. The van der Waals surface area contributed by atoms with Gasteiger partial charge in [-0.3, -0.25) is 0 Å². The minimum Gasteiger partial charge on any atom is -0.383 e. The lowest BCUT2D eigenvalue weighted by Crippen LogP contribution is -2.50. The Balaban J connectivity index is 1.69. The lowest BCUT2D eigenvalue weighted by atomic mass is 9.80. The summed E-state index contributed by atoms with van der Waals surface area (Å²) < 4.78 is 10.7. The number of nitrogens with zero attached hydrogens (tertiary/aromatic N) is 2. The molecule has 0 aromatic rings. The highest BCUT2D eigenvalue weighted by Crippen LogP contribution is 2.30. The molecule has 2 aliphatic rings. The van der Waals surface area contributed by atoms with Crippen molar-refractivity contribution in [3.8, 4) is 0 Å². The van der Waals surface area contributed by atoms with Crippen molar-refractivity contribution in [2.75, 3.05) is 66.2 Å². The van der Waals surface area contributed by atoms with Gasteiger partial charge in [0.1, 0.15) is 0 Å². The van der Waals surface area contributed by atoms with Crippen molar-refractivity contribution in [3.05, 3.63) is 0 Å². The summed E-state index contributed by atoms with van der Waals surface area (Å²) in [5.41, 5.74) is 0. The quantitative estimate of drug-likeness (QED) is 0.651. The number of rotatable bonds is 7. The summed E-state index contributed by atoms with van der Waals surface area (Å²) >= 11 is 0. The largest absolute Gasteiger partial charge is 0.383 e. The Hall–Kier alpha value is -0.160. The minimum atomic E-state index is 0.842. The number of likely N-dealkylation sites (tertiary alicyclic amines) is 2. The molecule has 0 spiro atoms. The molecule has 4 heteroatoms. The van der Waals surface area contributed by atoms with E-state index in [-0.39, 0.29) is 0 Å². The molecular weight excluding hydrogens is 240 g/mol. The third kappa shape index (κ3) is 4.71. The lowest BCUT2D eigenvalue weighted by Gasteiger charge is -2.45. The van der Waals surface area contributed by atoms with Crippen LogP contribution >= 0.6 is 0 Å². The monoisotopic (exact) mass is 270 g/mol. The highest BCUT2D eigenvalue weighted by molar-refractivity contribution is 4.86. The molecule has 0 aromatic carbocycles. The number of ether oxygens (including phenoxy) is 2. The van der Waals surface area contributed by atoms with E-state index in [1.807, 2.05) is 0 Å². The van der Waals surface area contributed by atoms with E-state index in [2.05, 4.69) is 16.7 Å². The molecule has 2 rings (SSSR count). The predicted octanol–water partition coefficient (Wildman–Crippen LogP) is 1.31. The third-order valence-corrected chi connectivity index (χ3v) is 4.65. The maximum Gasteiger partial charge on any atom is 0.0593 e. The summed E-state index contributed by atoms with van der Waals surface area (Å²) in [6, 6.07) is 0. The molecule has 2 atom stereocenters. The second-order valence-corrected chi connectivity index (χ2v) is 5.89. The Bertz CT molecular complexity index is 250. The van der Waals surface area contributed by atoms with Gasteiger partial charge in [0, 0.05) is 39.9 Å². The van der Waals surface area contributed by atoms with E-state index in [1.54, 1.807) is 7.11 Å². The number of fused-ring (bicyclic) bond motifs is 1. The van der Waals surface area contributed by atoms with Gasteiger partial charge in [-0.05, 0) is 44.7 Å². The van der Waals surface area contributed by atoms with E-state index in [0.29, 0.717) is 0 Å². The molecule has 0 N–H and O–H groups in total. The standard InChI is InChI=1S/C15H30N2O2/c1-3-19-11-9-17-7-5-14-12-16(8-10-18-2)6-4-15(14)13-17/h14-15H,3-13H2,1-2H3. The Morgan fingerprint density at radius 2 is 1.53 bits per heavy atom. The highest BCUT2D eigenvalue weighted by Gasteiger charge is 2.33. The van der Waals surface area contributed by atoms with Crippen molar-refractivity contribution >= 4 is 0 Å². The maximum absolute atomic E-state index is 5.47. The summed E-state index contributed by atoms with van der Waals surface area (Å²) in [6.07, 6.45) is 2.72. The van der Waals surface area contributed by atoms with Crippen LogP contribution in [0.5, 0.6) is 0 Å². The van der Waals surface area contributed by atoms with E-state index in [1.165, 1.54) is 39.0 Å². The normalized spacial score (nSPS) is 29.4. The predicted molar refractivity (Wildman–Crippen MR) is 77.5 cm³/mol. The molecule has 2 fully saturated rings. The van der Waals surface area contributed by atoms with Crippen LogP contribution in [0.15, 0.2) is 0 Å². The van der Waals surface area contributed by atoms with Crippen molar-refractivity contribution in [2.24, 2.45) is 11.8 Å². The molecule has 0 saturated carbocycles. The summed E-state index contributed by atoms with van der Waals surface area (Å²) in [5, 5.41) is 0. The molecule has 0 bridgehead atoms. The molecule has 2 saturated heterocycles. The maximum atomic E-state index is 5.47. The van der Waals surface area contributed by atoms with Crippen LogP contribution in [0, 0.1) is 11.8 Å². The summed E-state index contributed by atoms with van der Waals surface area (Å²) in [6.45, 7) is 12.0. The van der Waals surface area contributed by atoms with E-state index >= 15 is 0 Å². The van der Waals surface area contributed by atoms with Gasteiger partial charge in [0.2, 0.25) is 0 Å². The topological polar surface area (TPSA) is 24.9 Å². The van der Waals surface area contributed by atoms with Crippen LogP contribution in [0.2, 0.25) is 0 Å². The molecule has 0 amide bonds. The smallest absolute Gasteiger partial charge is 0.0593 e. The molecule has 19 heavy (non-hydrogen) atoms. The van der Waals surface area contributed by atoms with Gasteiger partial charge in [-0.15, -0.1) is 0 Å². The van der Waals surface area contributed by atoms with Crippen molar-refractivity contribution in [2.45, 2.75) is 19.8 Å². The van der Waals surface area contributed by atoms with Crippen molar-refractivity contribution < 1.29 is 9.47 Å². The van der Waals surface area contributed by atoms with Crippen LogP contribution in [-0.4, -0.2) is 76.0 Å².